The minimum atomic E-state index is -1.20. The van der Waals surface area contributed by atoms with E-state index in [4.69, 9.17) is 4.74 Å². The molecule has 0 fully saturated rings. The summed E-state index contributed by atoms with van der Waals surface area (Å²) in [5.74, 6) is -1.85. The predicted octanol–water partition coefficient (Wildman–Crippen LogP) is 4.71. The van der Waals surface area contributed by atoms with Crippen molar-refractivity contribution >= 4 is 23.3 Å². The molecule has 0 bridgehead atoms. The number of hydrogen-bond acceptors (Lipinski definition) is 4. The fourth-order valence-corrected chi connectivity index (χ4v) is 2.82. The second-order valence-corrected chi connectivity index (χ2v) is 6.57. The fraction of sp³-hybridized carbons (Fsp3) is 0.125. The first-order valence-corrected chi connectivity index (χ1v) is 9.42. The van der Waals surface area contributed by atoms with Crippen LogP contribution in [0.25, 0.3) is 0 Å². The minimum Gasteiger partial charge on any atom is -0.447 e. The Hall–Kier alpha value is -3.80. The first-order valence-electron chi connectivity index (χ1n) is 9.42. The molecular weight excluding hydrogens is 385 g/mol. The van der Waals surface area contributed by atoms with Gasteiger partial charge in [0.2, 0.25) is 6.10 Å². The van der Waals surface area contributed by atoms with E-state index in [0.717, 1.165) is 0 Å². The molecule has 0 aliphatic rings. The molecular formula is C24H20FNO4. The van der Waals surface area contributed by atoms with Gasteiger partial charge >= 0.3 is 5.97 Å². The van der Waals surface area contributed by atoms with Crippen LogP contribution in [0.2, 0.25) is 0 Å². The highest BCUT2D eigenvalue weighted by Crippen LogP contribution is 2.21. The molecule has 5 nitrogen and oxygen atoms in total. The first kappa shape index (κ1) is 20.9. The Morgan fingerprint density at radius 1 is 0.800 bits per heavy atom. The van der Waals surface area contributed by atoms with Crippen LogP contribution in [0, 0.1) is 5.82 Å². The first-order chi connectivity index (χ1) is 14.5. The lowest BCUT2D eigenvalue weighted by atomic mass is 10.1. The maximum absolute atomic E-state index is 13.1. The molecule has 0 heterocycles. The number of halogens is 1. The van der Waals surface area contributed by atoms with E-state index in [0.29, 0.717) is 16.8 Å². The third-order valence-electron chi connectivity index (χ3n) is 4.35. The molecule has 0 radical (unpaired) electrons. The van der Waals surface area contributed by atoms with Gasteiger partial charge < -0.3 is 10.1 Å². The molecule has 1 amide bonds. The average molecular weight is 405 g/mol. The molecule has 30 heavy (non-hydrogen) atoms. The number of ketones is 1. The lowest BCUT2D eigenvalue weighted by Crippen LogP contribution is -2.26. The van der Waals surface area contributed by atoms with Crippen molar-refractivity contribution in [1.29, 1.82) is 0 Å². The van der Waals surface area contributed by atoms with Crippen molar-refractivity contribution in [3.05, 3.63) is 102 Å². The summed E-state index contributed by atoms with van der Waals surface area (Å²) < 4.78 is 18.5. The van der Waals surface area contributed by atoms with E-state index in [9.17, 15) is 18.8 Å². The molecule has 6 heteroatoms. The maximum Gasteiger partial charge on any atom is 0.307 e. The number of hydrogen-bond donors (Lipinski definition) is 1. The molecule has 1 N–H and O–H groups in total. The second kappa shape index (κ2) is 10.1. The van der Waals surface area contributed by atoms with Crippen molar-refractivity contribution in [1.82, 2.24) is 0 Å². The normalized spacial score (nSPS) is 11.4. The van der Waals surface area contributed by atoms with Crippen LogP contribution in [0.3, 0.4) is 0 Å². The number of anilines is 1. The molecule has 0 aromatic heterocycles. The largest absolute Gasteiger partial charge is 0.447 e. The van der Waals surface area contributed by atoms with Crippen molar-refractivity contribution in [3.8, 4) is 0 Å². The van der Waals surface area contributed by atoms with Gasteiger partial charge in [0.05, 0.1) is 6.42 Å². The number of nitrogens with one attached hydrogen (secondary N) is 1. The molecule has 0 aliphatic carbocycles. The molecule has 0 saturated heterocycles. The van der Waals surface area contributed by atoms with Crippen molar-refractivity contribution < 1.29 is 23.5 Å². The number of carbonyl (C=O) groups is 3. The summed E-state index contributed by atoms with van der Waals surface area (Å²) in [6.07, 6.45) is -1.37. The molecule has 0 saturated carbocycles. The zero-order chi connectivity index (χ0) is 21.3. The molecule has 0 aliphatic heterocycles. The molecule has 0 unspecified atom stereocenters. The van der Waals surface area contributed by atoms with Crippen LogP contribution in [0.15, 0.2) is 84.9 Å². The van der Waals surface area contributed by atoms with Crippen LogP contribution in [0.1, 0.15) is 34.9 Å². The van der Waals surface area contributed by atoms with Gasteiger partial charge in [-0.3, -0.25) is 14.4 Å². The quantitative estimate of drug-likeness (QED) is 0.435. The predicted molar refractivity (Wildman–Crippen MR) is 110 cm³/mol. The summed E-state index contributed by atoms with van der Waals surface area (Å²) in [5.41, 5.74) is 1.37. The number of amides is 1. The van der Waals surface area contributed by atoms with Crippen LogP contribution in [-0.2, 0) is 14.3 Å². The van der Waals surface area contributed by atoms with Gasteiger partial charge in [0, 0.05) is 23.2 Å². The van der Waals surface area contributed by atoms with Crippen molar-refractivity contribution in [2.24, 2.45) is 0 Å². The number of Topliss-reactive ketones (excluding diaryl/α,β-unsaturated/α-hetero) is 1. The third-order valence-corrected chi connectivity index (χ3v) is 4.35. The zero-order valence-corrected chi connectivity index (χ0v) is 16.1. The summed E-state index contributed by atoms with van der Waals surface area (Å²) in [6.45, 7) is 0. The highest BCUT2D eigenvalue weighted by atomic mass is 19.1. The number of rotatable bonds is 8. The van der Waals surface area contributed by atoms with E-state index in [1.807, 2.05) is 0 Å². The van der Waals surface area contributed by atoms with E-state index in [2.05, 4.69) is 5.32 Å². The Labute approximate surface area is 173 Å². The standard InChI is InChI=1S/C24H20FNO4/c25-19-11-13-20(14-12-19)26-24(29)23(18-9-5-2-6-10-18)30-22(28)16-15-21(27)17-7-3-1-4-8-17/h1-14,23H,15-16H2,(H,26,29)/t23-/m1/s1. The highest BCUT2D eigenvalue weighted by Gasteiger charge is 2.25. The highest BCUT2D eigenvalue weighted by molar-refractivity contribution is 5.98. The van der Waals surface area contributed by atoms with Gasteiger partial charge in [-0.2, -0.15) is 0 Å². The van der Waals surface area contributed by atoms with Crippen molar-refractivity contribution in [2.45, 2.75) is 18.9 Å². The van der Waals surface area contributed by atoms with Gasteiger partial charge in [0.15, 0.2) is 5.78 Å². The SMILES string of the molecule is O=C(CCC(=O)c1ccccc1)O[C@@H](C(=O)Nc1ccc(F)cc1)c1ccccc1. The molecule has 3 aromatic carbocycles. The van der Waals surface area contributed by atoms with Gasteiger partial charge in [-0.25, -0.2) is 4.39 Å². The van der Waals surface area contributed by atoms with Crippen molar-refractivity contribution in [2.75, 3.05) is 5.32 Å². The van der Waals surface area contributed by atoms with E-state index in [-0.39, 0.29) is 18.6 Å². The zero-order valence-electron chi connectivity index (χ0n) is 16.1. The second-order valence-electron chi connectivity index (χ2n) is 6.57. The fourth-order valence-electron chi connectivity index (χ4n) is 2.82. The van der Waals surface area contributed by atoms with Crippen LogP contribution in [0.4, 0.5) is 10.1 Å². The molecule has 1 atom stereocenters. The lowest BCUT2D eigenvalue weighted by Gasteiger charge is -2.18. The smallest absolute Gasteiger partial charge is 0.307 e. The topological polar surface area (TPSA) is 72.5 Å². The van der Waals surface area contributed by atoms with E-state index < -0.39 is 23.8 Å². The Bertz CT molecular complexity index is 1000. The molecule has 3 aromatic rings. The maximum atomic E-state index is 13.1. The van der Waals surface area contributed by atoms with Gasteiger partial charge in [-0.15, -0.1) is 0 Å². The van der Waals surface area contributed by atoms with Gasteiger partial charge in [0.25, 0.3) is 5.91 Å². The number of ether oxygens (including phenoxy) is 1. The summed E-state index contributed by atoms with van der Waals surface area (Å²) in [6, 6.07) is 22.5. The van der Waals surface area contributed by atoms with Crippen LogP contribution >= 0.6 is 0 Å². The van der Waals surface area contributed by atoms with Crippen LogP contribution in [0.5, 0.6) is 0 Å². The van der Waals surface area contributed by atoms with Crippen molar-refractivity contribution in [3.63, 3.8) is 0 Å². The average Bonchev–Trinajstić information content (AvgIpc) is 2.78. The molecule has 0 spiro atoms. The summed E-state index contributed by atoms with van der Waals surface area (Å²) in [7, 11) is 0. The number of esters is 1. The minimum absolute atomic E-state index is 0.0239. The van der Waals surface area contributed by atoms with Gasteiger partial charge in [-0.1, -0.05) is 60.7 Å². The van der Waals surface area contributed by atoms with E-state index in [1.54, 1.807) is 60.7 Å². The summed E-state index contributed by atoms with van der Waals surface area (Å²) >= 11 is 0. The van der Waals surface area contributed by atoms with E-state index in [1.165, 1.54) is 24.3 Å². The Balaban J connectivity index is 1.66. The molecule has 3 rings (SSSR count). The van der Waals surface area contributed by atoms with Gasteiger partial charge in [-0.05, 0) is 24.3 Å². The lowest BCUT2D eigenvalue weighted by molar-refractivity contribution is -0.154. The Morgan fingerprint density at radius 3 is 2.03 bits per heavy atom. The number of benzene rings is 3. The van der Waals surface area contributed by atoms with Crippen LogP contribution < -0.4 is 5.32 Å². The Morgan fingerprint density at radius 2 is 1.40 bits per heavy atom. The Kier molecular flexibility index (Phi) is 7.05. The monoisotopic (exact) mass is 405 g/mol. The van der Waals surface area contributed by atoms with E-state index >= 15 is 0 Å². The summed E-state index contributed by atoms with van der Waals surface area (Å²) in [5, 5.41) is 2.61. The molecule has 152 valence electrons. The van der Waals surface area contributed by atoms with Crippen LogP contribution in [-0.4, -0.2) is 17.7 Å². The number of carbonyl (C=O) groups excluding carboxylic acids is 3. The summed E-state index contributed by atoms with van der Waals surface area (Å²) in [4.78, 5) is 37.3. The van der Waals surface area contributed by atoms with Gasteiger partial charge in [0.1, 0.15) is 5.82 Å². The third kappa shape index (κ3) is 5.85.